The van der Waals surface area contributed by atoms with Gasteiger partial charge in [0.05, 0.1) is 5.25 Å². The van der Waals surface area contributed by atoms with E-state index in [1.807, 2.05) is 12.1 Å². The monoisotopic (exact) mass is 345 g/mol. The molecule has 1 fully saturated rings. The van der Waals surface area contributed by atoms with Gasteiger partial charge in [-0.1, -0.05) is 18.6 Å². The van der Waals surface area contributed by atoms with Crippen molar-refractivity contribution in [3.05, 3.63) is 28.2 Å². The van der Waals surface area contributed by atoms with Crippen LogP contribution in [0.4, 0.5) is 5.69 Å². The summed E-state index contributed by atoms with van der Waals surface area (Å²) in [4.78, 5) is 0. The lowest BCUT2D eigenvalue weighted by molar-refractivity contribution is 0.453. The van der Waals surface area contributed by atoms with Crippen LogP contribution in [0.3, 0.4) is 0 Å². The molecule has 0 saturated heterocycles. The highest BCUT2D eigenvalue weighted by molar-refractivity contribution is 9.10. The Balaban J connectivity index is 2.09. The molecule has 1 aromatic carbocycles. The predicted octanol–water partition coefficient (Wildman–Crippen LogP) is 3.53. The standard InChI is InChI=1S/C14H20BrNO2S/c1-10-5-3-8-13(14(10)15)16-11-6-4-7-12(9-11)19(2,17)18/h3,5,8,11-12,16H,4,6-7,9H2,1-2H3. The molecule has 19 heavy (non-hydrogen) atoms. The molecule has 2 atom stereocenters. The minimum Gasteiger partial charge on any atom is -0.381 e. The molecule has 1 aliphatic rings. The van der Waals surface area contributed by atoms with Crippen LogP contribution in [0.5, 0.6) is 0 Å². The number of sulfone groups is 1. The molecule has 0 aliphatic heterocycles. The van der Waals surface area contributed by atoms with Crippen LogP contribution in [0.2, 0.25) is 0 Å². The number of hydrogen-bond donors (Lipinski definition) is 1. The number of anilines is 1. The lowest BCUT2D eigenvalue weighted by atomic mass is 9.94. The van der Waals surface area contributed by atoms with Crippen LogP contribution in [0, 0.1) is 6.92 Å². The zero-order chi connectivity index (χ0) is 14.0. The van der Waals surface area contributed by atoms with Crippen LogP contribution in [-0.2, 0) is 9.84 Å². The molecule has 0 spiro atoms. The average Bonchev–Trinajstić information content (AvgIpc) is 2.34. The summed E-state index contributed by atoms with van der Waals surface area (Å²) in [5, 5.41) is 3.29. The SMILES string of the molecule is Cc1cccc(NC2CCCC(S(C)(=O)=O)C2)c1Br. The maximum atomic E-state index is 11.7. The van der Waals surface area contributed by atoms with Gasteiger partial charge in [0.15, 0.2) is 0 Å². The number of hydrogen-bond acceptors (Lipinski definition) is 3. The van der Waals surface area contributed by atoms with Gasteiger partial charge in [-0.3, -0.25) is 0 Å². The van der Waals surface area contributed by atoms with Gasteiger partial charge in [-0.05, 0) is 53.7 Å². The Morgan fingerprint density at radius 2 is 2.05 bits per heavy atom. The van der Waals surface area contributed by atoms with Crippen LogP contribution in [-0.4, -0.2) is 26.0 Å². The highest BCUT2D eigenvalue weighted by Gasteiger charge is 2.28. The molecule has 2 unspecified atom stereocenters. The molecule has 1 aromatic rings. The van der Waals surface area contributed by atoms with Crippen LogP contribution < -0.4 is 5.32 Å². The van der Waals surface area contributed by atoms with Crippen molar-refractivity contribution in [1.82, 2.24) is 0 Å². The number of rotatable bonds is 3. The molecule has 0 bridgehead atoms. The largest absolute Gasteiger partial charge is 0.381 e. The Morgan fingerprint density at radius 3 is 2.74 bits per heavy atom. The Hall–Kier alpha value is -0.550. The Kier molecular flexibility index (Phi) is 4.56. The van der Waals surface area contributed by atoms with Crippen molar-refractivity contribution in [1.29, 1.82) is 0 Å². The highest BCUT2D eigenvalue weighted by Crippen LogP contribution is 2.30. The molecule has 3 nitrogen and oxygen atoms in total. The number of halogens is 1. The lowest BCUT2D eigenvalue weighted by Gasteiger charge is -2.29. The summed E-state index contributed by atoms with van der Waals surface area (Å²) in [5.74, 6) is 0. The van der Waals surface area contributed by atoms with E-state index in [4.69, 9.17) is 0 Å². The second kappa shape index (κ2) is 5.83. The van der Waals surface area contributed by atoms with E-state index in [0.717, 1.165) is 29.4 Å². The smallest absolute Gasteiger partial charge is 0.150 e. The average molecular weight is 346 g/mol. The summed E-state index contributed by atoms with van der Waals surface area (Å²) in [6.45, 7) is 2.05. The van der Waals surface area contributed by atoms with Gasteiger partial charge in [-0.25, -0.2) is 8.42 Å². The highest BCUT2D eigenvalue weighted by atomic mass is 79.9. The van der Waals surface area contributed by atoms with Crippen molar-refractivity contribution < 1.29 is 8.42 Å². The van der Waals surface area contributed by atoms with E-state index < -0.39 is 9.84 Å². The first-order valence-electron chi connectivity index (χ1n) is 6.58. The summed E-state index contributed by atoms with van der Waals surface area (Å²) in [6.07, 6.45) is 4.86. The van der Waals surface area contributed by atoms with Crippen molar-refractivity contribution in [2.45, 2.75) is 43.9 Å². The van der Waals surface area contributed by atoms with Gasteiger partial charge in [-0.15, -0.1) is 0 Å². The maximum Gasteiger partial charge on any atom is 0.150 e. The van der Waals surface area contributed by atoms with Gasteiger partial charge in [0.1, 0.15) is 9.84 Å². The topological polar surface area (TPSA) is 46.2 Å². The first kappa shape index (κ1) is 14.9. The van der Waals surface area contributed by atoms with Crippen LogP contribution >= 0.6 is 15.9 Å². The van der Waals surface area contributed by atoms with E-state index >= 15 is 0 Å². The molecule has 2 rings (SSSR count). The summed E-state index contributed by atoms with van der Waals surface area (Å²) in [7, 11) is -2.92. The fourth-order valence-electron chi connectivity index (χ4n) is 2.64. The van der Waals surface area contributed by atoms with Gasteiger partial charge in [0, 0.05) is 22.5 Å². The first-order valence-corrected chi connectivity index (χ1v) is 9.33. The van der Waals surface area contributed by atoms with Gasteiger partial charge in [0.25, 0.3) is 0 Å². The molecule has 0 heterocycles. The predicted molar refractivity (Wildman–Crippen MR) is 83.4 cm³/mol. The third-order valence-electron chi connectivity index (χ3n) is 3.78. The van der Waals surface area contributed by atoms with E-state index in [2.05, 4.69) is 34.2 Å². The number of aryl methyl sites for hydroxylation is 1. The van der Waals surface area contributed by atoms with Crippen LogP contribution in [0.25, 0.3) is 0 Å². The molecule has 0 aromatic heterocycles. The summed E-state index contributed by atoms with van der Waals surface area (Å²) in [5.41, 5.74) is 2.24. The molecule has 5 heteroatoms. The van der Waals surface area contributed by atoms with Crippen molar-refractivity contribution in [3.63, 3.8) is 0 Å². The number of nitrogens with one attached hydrogen (secondary N) is 1. The van der Waals surface area contributed by atoms with E-state index in [1.165, 1.54) is 11.8 Å². The molecule has 1 aliphatic carbocycles. The van der Waals surface area contributed by atoms with Gasteiger partial charge < -0.3 is 5.32 Å². The maximum absolute atomic E-state index is 11.7. The van der Waals surface area contributed by atoms with Gasteiger partial charge in [-0.2, -0.15) is 0 Å². The second-order valence-electron chi connectivity index (χ2n) is 5.40. The van der Waals surface area contributed by atoms with E-state index in [-0.39, 0.29) is 11.3 Å². The second-order valence-corrected chi connectivity index (χ2v) is 8.51. The first-order chi connectivity index (χ1) is 8.88. The van der Waals surface area contributed by atoms with Crippen molar-refractivity contribution in [2.75, 3.05) is 11.6 Å². The minimum absolute atomic E-state index is 0.192. The number of benzene rings is 1. The molecule has 0 radical (unpaired) electrons. The molecule has 1 saturated carbocycles. The van der Waals surface area contributed by atoms with Crippen molar-refractivity contribution in [3.8, 4) is 0 Å². The molecule has 106 valence electrons. The summed E-state index contributed by atoms with van der Waals surface area (Å²) >= 11 is 3.58. The van der Waals surface area contributed by atoms with E-state index in [9.17, 15) is 8.42 Å². The van der Waals surface area contributed by atoms with Gasteiger partial charge in [0.2, 0.25) is 0 Å². The molecular weight excluding hydrogens is 326 g/mol. The Bertz CT molecular complexity index is 557. The van der Waals surface area contributed by atoms with Crippen LogP contribution in [0.15, 0.2) is 22.7 Å². The third kappa shape index (κ3) is 3.72. The molecule has 1 N–H and O–H groups in total. The van der Waals surface area contributed by atoms with Crippen molar-refractivity contribution in [2.24, 2.45) is 0 Å². The summed E-state index contributed by atoms with van der Waals surface area (Å²) in [6, 6.07) is 6.34. The van der Waals surface area contributed by atoms with Crippen molar-refractivity contribution >= 4 is 31.5 Å². The van der Waals surface area contributed by atoms with E-state index in [0.29, 0.717) is 6.42 Å². The van der Waals surface area contributed by atoms with Crippen LogP contribution in [0.1, 0.15) is 31.2 Å². The fourth-order valence-corrected chi connectivity index (χ4v) is 4.20. The Labute approximate surface area is 123 Å². The third-order valence-corrected chi connectivity index (χ3v) is 6.47. The lowest BCUT2D eigenvalue weighted by Crippen LogP contribution is -2.34. The zero-order valence-corrected chi connectivity index (χ0v) is 13.7. The quantitative estimate of drug-likeness (QED) is 0.911. The molecule has 0 amide bonds. The zero-order valence-electron chi connectivity index (χ0n) is 11.3. The van der Waals surface area contributed by atoms with E-state index in [1.54, 1.807) is 0 Å². The normalized spacial score (nSPS) is 24.2. The minimum atomic E-state index is -2.92. The molecular formula is C14H20BrNO2S. The fraction of sp³-hybridized carbons (Fsp3) is 0.571. The Morgan fingerprint density at radius 1 is 1.32 bits per heavy atom. The van der Waals surface area contributed by atoms with Gasteiger partial charge >= 0.3 is 0 Å². The summed E-state index contributed by atoms with van der Waals surface area (Å²) < 4.78 is 24.4.